The van der Waals surface area contributed by atoms with Gasteiger partial charge in [0.2, 0.25) is 5.95 Å². The van der Waals surface area contributed by atoms with Gasteiger partial charge in [0.15, 0.2) is 0 Å². The summed E-state index contributed by atoms with van der Waals surface area (Å²) in [5.74, 6) is 2.04. The Bertz CT molecular complexity index is 1080. The van der Waals surface area contributed by atoms with Gasteiger partial charge in [-0.3, -0.25) is 0 Å². The minimum atomic E-state index is -0.187. The number of hydrogen-bond donors (Lipinski definition) is 3. The Hall–Kier alpha value is -3.58. The summed E-state index contributed by atoms with van der Waals surface area (Å²) in [4.78, 5) is 8.81. The molecule has 0 aliphatic heterocycles. The van der Waals surface area contributed by atoms with Crippen LogP contribution >= 0.6 is 0 Å². The molecule has 4 aromatic rings. The Morgan fingerprint density at radius 3 is 2.79 bits per heavy atom. The van der Waals surface area contributed by atoms with E-state index < -0.39 is 0 Å². The second-order valence-corrected chi connectivity index (χ2v) is 6.82. The van der Waals surface area contributed by atoms with Crippen LogP contribution in [0.5, 0.6) is 5.75 Å². The quantitative estimate of drug-likeness (QED) is 0.428. The van der Waals surface area contributed by atoms with Gasteiger partial charge in [0.25, 0.3) is 0 Å². The van der Waals surface area contributed by atoms with Crippen LogP contribution < -0.4 is 21.1 Å². The van der Waals surface area contributed by atoms with Gasteiger partial charge in [0, 0.05) is 42.6 Å². The van der Waals surface area contributed by atoms with Crippen LogP contribution in [0.3, 0.4) is 0 Å². The van der Waals surface area contributed by atoms with Crippen molar-refractivity contribution >= 4 is 28.4 Å². The zero-order chi connectivity index (χ0) is 20.1. The van der Waals surface area contributed by atoms with E-state index in [1.807, 2.05) is 61.8 Å². The van der Waals surface area contributed by atoms with Gasteiger partial charge in [-0.05, 0) is 36.4 Å². The summed E-state index contributed by atoms with van der Waals surface area (Å²) in [7, 11) is 2.03. The Kier molecular flexibility index (Phi) is 5.58. The number of aryl methyl sites for hydroxylation is 1. The number of nitrogens with two attached hydrogens (primary N) is 1. The molecule has 148 valence electrons. The first-order valence-corrected chi connectivity index (χ1v) is 9.50. The van der Waals surface area contributed by atoms with Gasteiger partial charge in [-0.25, -0.2) is 4.98 Å². The Labute approximate surface area is 169 Å². The van der Waals surface area contributed by atoms with E-state index >= 15 is 0 Å². The number of nitrogens with one attached hydrogen (secondary N) is 2. The molecule has 0 aliphatic carbocycles. The summed E-state index contributed by atoms with van der Waals surface area (Å²) in [6.45, 7) is 0.912. The number of fused-ring (bicyclic) bond motifs is 1. The number of rotatable bonds is 8. The largest absolute Gasteiger partial charge is 0.492 e. The van der Waals surface area contributed by atoms with Gasteiger partial charge in [-0.1, -0.05) is 24.3 Å². The molecule has 4 rings (SSSR count). The zero-order valence-corrected chi connectivity index (χ0v) is 16.2. The van der Waals surface area contributed by atoms with E-state index in [9.17, 15) is 0 Å². The standard InChI is InChI=1S/C22H24N6O/c1-28-13-11-18-19(8-5-9-20(18)28)26-21-10-12-24-22(27-21)25-14-16(23)15-29-17-6-3-2-4-7-17/h2-13,16H,14-15,23H2,1H3,(H2,24,25,26,27)/t16-/m1/s1. The van der Waals surface area contributed by atoms with Crippen molar-refractivity contribution in [1.82, 2.24) is 14.5 Å². The summed E-state index contributed by atoms with van der Waals surface area (Å²) in [5.41, 5.74) is 8.29. The zero-order valence-electron chi connectivity index (χ0n) is 16.2. The second kappa shape index (κ2) is 8.62. The van der Waals surface area contributed by atoms with Crippen LogP contribution in [-0.2, 0) is 7.05 Å². The van der Waals surface area contributed by atoms with Gasteiger partial charge in [-0.15, -0.1) is 0 Å². The maximum absolute atomic E-state index is 6.13. The van der Waals surface area contributed by atoms with Gasteiger partial charge in [-0.2, -0.15) is 4.98 Å². The van der Waals surface area contributed by atoms with Crippen molar-refractivity contribution in [3.05, 3.63) is 73.1 Å². The molecule has 0 saturated heterocycles. The van der Waals surface area contributed by atoms with E-state index in [4.69, 9.17) is 10.5 Å². The lowest BCUT2D eigenvalue weighted by Crippen LogP contribution is -2.35. The molecular formula is C22H24N6O. The normalized spacial score (nSPS) is 11.9. The molecule has 7 nitrogen and oxygen atoms in total. The fourth-order valence-corrected chi connectivity index (χ4v) is 3.06. The number of ether oxygens (including phenoxy) is 1. The predicted octanol–water partition coefficient (Wildman–Crippen LogP) is 3.53. The van der Waals surface area contributed by atoms with Crippen molar-refractivity contribution < 1.29 is 4.74 Å². The van der Waals surface area contributed by atoms with Gasteiger partial charge in [0.1, 0.15) is 18.2 Å². The molecule has 0 aliphatic rings. The Morgan fingerprint density at radius 1 is 1.07 bits per heavy atom. The van der Waals surface area contributed by atoms with Crippen molar-refractivity contribution in [3.63, 3.8) is 0 Å². The summed E-state index contributed by atoms with van der Waals surface area (Å²) < 4.78 is 7.77. The highest BCUT2D eigenvalue weighted by Crippen LogP contribution is 2.26. The number of benzene rings is 2. The SMILES string of the molecule is Cn1ccc2c(Nc3ccnc(NC[C@@H](N)COc4ccccc4)n3)cccc21. The second-order valence-electron chi connectivity index (χ2n) is 6.82. The molecular weight excluding hydrogens is 364 g/mol. The molecule has 0 saturated carbocycles. The monoisotopic (exact) mass is 388 g/mol. The summed E-state index contributed by atoms with van der Waals surface area (Å²) in [6.07, 6.45) is 3.76. The Morgan fingerprint density at radius 2 is 1.93 bits per heavy atom. The topological polar surface area (TPSA) is 90.0 Å². The molecule has 0 unspecified atom stereocenters. The lowest BCUT2D eigenvalue weighted by Gasteiger charge is -2.14. The van der Waals surface area contributed by atoms with Crippen molar-refractivity contribution in [3.8, 4) is 5.75 Å². The lowest BCUT2D eigenvalue weighted by atomic mass is 10.2. The first kappa shape index (κ1) is 18.8. The summed E-state index contributed by atoms with van der Waals surface area (Å²) >= 11 is 0. The minimum absolute atomic E-state index is 0.187. The van der Waals surface area contributed by atoms with Crippen LogP contribution in [0.2, 0.25) is 0 Å². The van der Waals surface area contributed by atoms with Crippen LogP contribution in [0.25, 0.3) is 10.9 Å². The maximum atomic E-state index is 6.13. The van der Waals surface area contributed by atoms with E-state index in [1.165, 1.54) is 0 Å². The van der Waals surface area contributed by atoms with E-state index in [0.29, 0.717) is 24.9 Å². The van der Waals surface area contributed by atoms with Gasteiger partial charge >= 0.3 is 0 Å². The number of hydrogen-bond acceptors (Lipinski definition) is 6. The molecule has 0 fully saturated rings. The van der Waals surface area contributed by atoms with E-state index in [2.05, 4.69) is 37.3 Å². The molecule has 0 bridgehead atoms. The van der Waals surface area contributed by atoms with Crippen LogP contribution in [-0.4, -0.2) is 33.7 Å². The van der Waals surface area contributed by atoms with E-state index in [0.717, 1.165) is 22.3 Å². The van der Waals surface area contributed by atoms with Crippen molar-refractivity contribution in [2.45, 2.75) is 6.04 Å². The summed E-state index contributed by atoms with van der Waals surface area (Å²) in [6, 6.07) is 19.5. The smallest absolute Gasteiger partial charge is 0.224 e. The van der Waals surface area contributed by atoms with Crippen LogP contribution in [0.1, 0.15) is 0 Å². The molecule has 2 aromatic heterocycles. The van der Waals surface area contributed by atoms with Crippen molar-refractivity contribution in [2.24, 2.45) is 12.8 Å². The molecule has 2 aromatic carbocycles. The molecule has 2 heterocycles. The number of aromatic nitrogens is 3. The van der Waals surface area contributed by atoms with E-state index in [-0.39, 0.29) is 6.04 Å². The predicted molar refractivity (Wildman–Crippen MR) is 117 cm³/mol. The highest BCUT2D eigenvalue weighted by atomic mass is 16.5. The van der Waals surface area contributed by atoms with Crippen molar-refractivity contribution in [1.29, 1.82) is 0 Å². The van der Waals surface area contributed by atoms with E-state index in [1.54, 1.807) is 6.20 Å². The van der Waals surface area contributed by atoms with Crippen molar-refractivity contribution in [2.75, 3.05) is 23.8 Å². The molecule has 1 atom stereocenters. The third-order valence-electron chi connectivity index (χ3n) is 4.58. The van der Waals surface area contributed by atoms with Crippen LogP contribution in [0.4, 0.5) is 17.5 Å². The first-order valence-electron chi connectivity index (χ1n) is 9.50. The lowest BCUT2D eigenvalue weighted by molar-refractivity contribution is 0.293. The fraction of sp³-hybridized carbons (Fsp3) is 0.182. The maximum Gasteiger partial charge on any atom is 0.224 e. The molecule has 4 N–H and O–H groups in total. The highest BCUT2D eigenvalue weighted by molar-refractivity contribution is 5.93. The first-order chi connectivity index (χ1) is 14.2. The van der Waals surface area contributed by atoms with Crippen LogP contribution in [0.15, 0.2) is 73.1 Å². The average molecular weight is 388 g/mol. The number of para-hydroxylation sites is 1. The molecule has 0 amide bonds. The molecule has 7 heteroatoms. The molecule has 0 radical (unpaired) electrons. The third-order valence-corrected chi connectivity index (χ3v) is 4.58. The fourth-order valence-electron chi connectivity index (χ4n) is 3.06. The third kappa shape index (κ3) is 4.64. The average Bonchev–Trinajstić information content (AvgIpc) is 3.14. The van der Waals surface area contributed by atoms with Gasteiger partial charge < -0.3 is 25.7 Å². The molecule has 0 spiro atoms. The highest BCUT2D eigenvalue weighted by Gasteiger charge is 2.08. The minimum Gasteiger partial charge on any atom is -0.492 e. The number of anilines is 3. The summed E-state index contributed by atoms with van der Waals surface area (Å²) in [5, 5.41) is 7.69. The molecule has 29 heavy (non-hydrogen) atoms. The number of nitrogens with zero attached hydrogens (tertiary/aromatic N) is 3. The van der Waals surface area contributed by atoms with Crippen LogP contribution in [0, 0.1) is 0 Å². The Balaban J connectivity index is 1.36. The van der Waals surface area contributed by atoms with Gasteiger partial charge in [0.05, 0.1) is 6.04 Å².